The maximum atomic E-state index is 5.11. The van der Waals surface area contributed by atoms with E-state index in [4.69, 9.17) is 12.2 Å². The molecule has 84 valence electrons. The summed E-state index contributed by atoms with van der Waals surface area (Å²) in [6, 6.07) is 8.12. The van der Waals surface area contributed by atoms with Crippen LogP contribution < -0.4 is 4.90 Å². The fourth-order valence-electron chi connectivity index (χ4n) is 1.64. The van der Waals surface area contributed by atoms with E-state index in [0.29, 0.717) is 4.77 Å². The minimum atomic E-state index is 0.628. The second-order valence-electron chi connectivity index (χ2n) is 3.82. The number of rotatable bonds is 2. The minimum Gasteiger partial charge on any atom is -0.377 e. The highest BCUT2D eigenvalue weighted by molar-refractivity contribution is 7.71. The third-order valence-electron chi connectivity index (χ3n) is 2.51. The summed E-state index contributed by atoms with van der Waals surface area (Å²) in [6.45, 7) is 0. The van der Waals surface area contributed by atoms with Crippen LogP contribution in [0, 0.1) is 4.77 Å². The van der Waals surface area contributed by atoms with Gasteiger partial charge in [-0.05, 0) is 24.4 Å². The average Bonchev–Trinajstić information content (AvgIpc) is 2.60. The predicted molar refractivity (Wildman–Crippen MR) is 68.2 cm³/mol. The molecule has 0 radical (unpaired) electrons. The molecule has 0 unspecified atom stereocenters. The van der Waals surface area contributed by atoms with Crippen LogP contribution in [-0.2, 0) is 7.05 Å². The van der Waals surface area contributed by atoms with Gasteiger partial charge in [0.1, 0.15) is 0 Å². The normalized spacial score (nSPS) is 10.4. The van der Waals surface area contributed by atoms with E-state index < -0.39 is 0 Å². The molecule has 0 bridgehead atoms. The Balaban J connectivity index is 2.64. The number of benzene rings is 1. The lowest BCUT2D eigenvalue weighted by Crippen LogP contribution is -2.10. The molecule has 0 aliphatic rings. The summed E-state index contributed by atoms with van der Waals surface area (Å²) in [7, 11) is 5.94. The highest BCUT2D eigenvalue weighted by Gasteiger charge is 2.11. The van der Waals surface area contributed by atoms with Crippen LogP contribution in [0.25, 0.3) is 11.4 Å². The molecule has 0 aliphatic carbocycles. The molecular formula is C11H14N4S. The zero-order chi connectivity index (χ0) is 11.7. The van der Waals surface area contributed by atoms with Gasteiger partial charge in [0, 0.05) is 32.4 Å². The zero-order valence-electron chi connectivity index (χ0n) is 9.56. The number of para-hydroxylation sites is 1. The number of aromatic amines is 1. The van der Waals surface area contributed by atoms with Crippen LogP contribution in [-0.4, -0.2) is 28.9 Å². The Morgan fingerprint density at radius 1 is 1.31 bits per heavy atom. The van der Waals surface area contributed by atoms with Crippen LogP contribution in [0.5, 0.6) is 0 Å². The minimum absolute atomic E-state index is 0.628. The molecular weight excluding hydrogens is 220 g/mol. The zero-order valence-corrected chi connectivity index (χ0v) is 10.4. The van der Waals surface area contributed by atoms with Crippen molar-refractivity contribution in [2.24, 2.45) is 7.05 Å². The van der Waals surface area contributed by atoms with Crippen LogP contribution in [0.2, 0.25) is 0 Å². The van der Waals surface area contributed by atoms with Crippen molar-refractivity contribution in [1.82, 2.24) is 14.8 Å². The third-order valence-corrected chi connectivity index (χ3v) is 2.87. The number of H-pyrrole nitrogens is 1. The van der Waals surface area contributed by atoms with Gasteiger partial charge in [-0.25, -0.2) is 0 Å². The molecule has 2 aromatic rings. The molecule has 0 amide bonds. The van der Waals surface area contributed by atoms with Gasteiger partial charge in [-0.15, -0.1) is 0 Å². The summed E-state index contributed by atoms with van der Waals surface area (Å²) in [5.41, 5.74) is 2.20. The first-order valence-electron chi connectivity index (χ1n) is 4.99. The molecule has 0 saturated heterocycles. The fourth-order valence-corrected chi connectivity index (χ4v) is 1.77. The number of hydrogen-bond acceptors (Lipinski definition) is 3. The van der Waals surface area contributed by atoms with Crippen LogP contribution in [0.4, 0.5) is 5.69 Å². The molecule has 1 N–H and O–H groups in total. The molecule has 0 atom stereocenters. The number of nitrogens with one attached hydrogen (secondary N) is 1. The van der Waals surface area contributed by atoms with Gasteiger partial charge in [0.05, 0.1) is 0 Å². The van der Waals surface area contributed by atoms with Gasteiger partial charge in [-0.2, -0.15) is 5.10 Å². The van der Waals surface area contributed by atoms with Crippen LogP contribution >= 0.6 is 12.2 Å². The van der Waals surface area contributed by atoms with Gasteiger partial charge in [0.25, 0.3) is 0 Å². The lowest BCUT2D eigenvalue weighted by atomic mass is 10.1. The van der Waals surface area contributed by atoms with Gasteiger partial charge < -0.3 is 9.47 Å². The lowest BCUT2D eigenvalue weighted by molar-refractivity contribution is 0.901. The average molecular weight is 234 g/mol. The molecule has 1 aromatic carbocycles. The monoisotopic (exact) mass is 234 g/mol. The smallest absolute Gasteiger partial charge is 0.195 e. The highest BCUT2D eigenvalue weighted by atomic mass is 32.1. The number of hydrogen-bond donors (Lipinski definition) is 1. The largest absolute Gasteiger partial charge is 0.377 e. The standard InChI is InChI=1S/C11H14N4S/c1-14(2)9-7-5-4-6-8(9)10-12-13-11(16)15(10)3/h4-7H,1-3H3,(H,13,16). The molecule has 4 nitrogen and oxygen atoms in total. The van der Waals surface area contributed by atoms with Crippen molar-refractivity contribution in [1.29, 1.82) is 0 Å². The second kappa shape index (κ2) is 4.09. The first-order chi connectivity index (χ1) is 7.61. The molecule has 0 aliphatic heterocycles. The van der Waals surface area contributed by atoms with Crippen LogP contribution in [0.3, 0.4) is 0 Å². The van der Waals surface area contributed by atoms with E-state index in [1.54, 1.807) is 0 Å². The SMILES string of the molecule is CN(C)c1ccccc1-c1n[nH]c(=S)n1C. The maximum absolute atomic E-state index is 5.11. The van der Waals surface area contributed by atoms with Gasteiger partial charge in [-0.1, -0.05) is 12.1 Å². The van der Waals surface area contributed by atoms with Crippen molar-refractivity contribution in [3.63, 3.8) is 0 Å². The van der Waals surface area contributed by atoms with Crippen LogP contribution in [0.15, 0.2) is 24.3 Å². The van der Waals surface area contributed by atoms with E-state index in [9.17, 15) is 0 Å². The Hall–Kier alpha value is -1.62. The summed E-state index contributed by atoms with van der Waals surface area (Å²) in [5, 5.41) is 7.05. The summed E-state index contributed by atoms with van der Waals surface area (Å²) in [6.07, 6.45) is 0. The molecule has 1 aromatic heterocycles. The lowest BCUT2D eigenvalue weighted by Gasteiger charge is -2.16. The molecule has 2 rings (SSSR count). The van der Waals surface area contributed by atoms with Crippen molar-refractivity contribution in [3.05, 3.63) is 29.0 Å². The van der Waals surface area contributed by atoms with Crippen molar-refractivity contribution >= 4 is 17.9 Å². The van der Waals surface area contributed by atoms with Crippen LogP contribution in [0.1, 0.15) is 0 Å². The van der Waals surface area contributed by atoms with E-state index in [-0.39, 0.29) is 0 Å². The van der Waals surface area contributed by atoms with E-state index in [1.807, 2.05) is 43.9 Å². The van der Waals surface area contributed by atoms with Crippen molar-refractivity contribution in [2.45, 2.75) is 0 Å². The molecule has 1 heterocycles. The summed E-state index contributed by atoms with van der Waals surface area (Å²) in [4.78, 5) is 2.06. The Labute approximate surface area is 99.5 Å². The Morgan fingerprint density at radius 2 is 2.00 bits per heavy atom. The molecule has 0 saturated carbocycles. The fraction of sp³-hybridized carbons (Fsp3) is 0.273. The predicted octanol–water partition coefficient (Wildman–Crippen LogP) is 2.21. The number of anilines is 1. The first-order valence-corrected chi connectivity index (χ1v) is 5.40. The van der Waals surface area contributed by atoms with Crippen molar-refractivity contribution in [3.8, 4) is 11.4 Å². The van der Waals surface area contributed by atoms with Crippen molar-refractivity contribution in [2.75, 3.05) is 19.0 Å². The van der Waals surface area contributed by atoms with Crippen molar-refractivity contribution < 1.29 is 0 Å². The summed E-state index contributed by atoms with van der Waals surface area (Å²) in [5.74, 6) is 0.856. The van der Waals surface area contributed by atoms with E-state index >= 15 is 0 Å². The highest BCUT2D eigenvalue weighted by Crippen LogP contribution is 2.27. The van der Waals surface area contributed by atoms with Gasteiger partial charge >= 0.3 is 0 Å². The third kappa shape index (κ3) is 1.74. The maximum Gasteiger partial charge on any atom is 0.195 e. The molecule has 0 fully saturated rings. The van der Waals surface area contributed by atoms with E-state index in [2.05, 4.69) is 21.2 Å². The first kappa shape index (κ1) is 10.9. The Kier molecular flexibility index (Phi) is 2.78. The topological polar surface area (TPSA) is 36.9 Å². The summed E-state index contributed by atoms with van der Waals surface area (Å²) < 4.78 is 2.50. The van der Waals surface area contributed by atoms with Gasteiger partial charge in [0.2, 0.25) is 0 Å². The van der Waals surface area contributed by atoms with E-state index in [0.717, 1.165) is 17.1 Å². The molecule has 5 heteroatoms. The number of aromatic nitrogens is 3. The Bertz CT molecular complexity index is 553. The summed E-state index contributed by atoms with van der Waals surface area (Å²) >= 11 is 5.11. The van der Waals surface area contributed by atoms with Gasteiger partial charge in [0.15, 0.2) is 10.6 Å². The van der Waals surface area contributed by atoms with E-state index in [1.165, 1.54) is 0 Å². The second-order valence-corrected chi connectivity index (χ2v) is 4.21. The molecule has 0 spiro atoms. The molecule has 16 heavy (non-hydrogen) atoms. The number of nitrogens with zero attached hydrogens (tertiary/aromatic N) is 3. The Morgan fingerprint density at radius 3 is 2.56 bits per heavy atom. The quantitative estimate of drug-likeness (QED) is 0.809. The van der Waals surface area contributed by atoms with Gasteiger partial charge in [-0.3, -0.25) is 5.10 Å².